The van der Waals surface area contributed by atoms with Gasteiger partial charge in [0.15, 0.2) is 0 Å². The van der Waals surface area contributed by atoms with Gasteiger partial charge >= 0.3 is 0 Å². The highest BCUT2D eigenvalue weighted by atomic mass is 32.2. The van der Waals surface area contributed by atoms with E-state index >= 15 is 0 Å². The monoisotopic (exact) mass is 399 g/mol. The first-order valence-electron chi connectivity index (χ1n) is 8.13. The summed E-state index contributed by atoms with van der Waals surface area (Å²) in [4.78, 5) is 1.33. The predicted molar refractivity (Wildman–Crippen MR) is 99.1 cm³/mol. The number of nitrogens with zero attached hydrogens (tertiary/aromatic N) is 1. The molecule has 2 aromatic rings. The van der Waals surface area contributed by atoms with Gasteiger partial charge in [-0.25, -0.2) is 0 Å². The molecule has 1 atom stereocenters. The first-order valence-corrected chi connectivity index (χ1v) is 11.0. The Bertz CT molecular complexity index is 1120. The standard InChI is InChI=1S/C17H21NO6S2/c1-5-18-10(2)17(3,4)14-9-15(26(22,23)24)13-8-11(25(19,20)21)6-7-12(13)16(14)18/h6-10H,5H2,1-4H3,(H,19,20,21)(H,22,23,24). The zero-order chi connectivity index (χ0) is 19.7. The highest BCUT2D eigenvalue weighted by Crippen LogP contribution is 2.50. The van der Waals surface area contributed by atoms with Gasteiger partial charge in [0.1, 0.15) is 4.90 Å². The average Bonchev–Trinajstić information content (AvgIpc) is 2.71. The SMILES string of the molecule is CCN1c2c(cc(S(=O)(=O)O)c3cc(S(=O)(=O)O)ccc23)C(C)(C)C1C. The quantitative estimate of drug-likeness (QED) is 0.763. The molecule has 0 bridgehead atoms. The Morgan fingerprint density at radius 3 is 2.15 bits per heavy atom. The lowest BCUT2D eigenvalue weighted by molar-refractivity contribution is 0.444. The number of rotatable bonds is 3. The molecule has 1 unspecified atom stereocenters. The van der Waals surface area contributed by atoms with E-state index in [-0.39, 0.29) is 21.7 Å². The van der Waals surface area contributed by atoms with Gasteiger partial charge in [0.25, 0.3) is 20.2 Å². The second-order valence-corrected chi connectivity index (χ2v) is 9.92. The van der Waals surface area contributed by atoms with Crippen molar-refractivity contribution >= 4 is 36.7 Å². The molecule has 2 N–H and O–H groups in total. The van der Waals surface area contributed by atoms with Crippen LogP contribution in [0.25, 0.3) is 10.8 Å². The molecule has 0 spiro atoms. The lowest BCUT2D eigenvalue weighted by atomic mass is 9.81. The van der Waals surface area contributed by atoms with E-state index in [2.05, 4.69) is 4.90 Å². The van der Waals surface area contributed by atoms with Gasteiger partial charge < -0.3 is 4.90 Å². The number of hydrogen-bond acceptors (Lipinski definition) is 5. The molecule has 0 fully saturated rings. The highest BCUT2D eigenvalue weighted by Gasteiger charge is 2.43. The molecular formula is C17H21NO6S2. The zero-order valence-corrected chi connectivity index (χ0v) is 16.5. The molecule has 26 heavy (non-hydrogen) atoms. The smallest absolute Gasteiger partial charge is 0.295 e. The molecule has 1 heterocycles. The molecular weight excluding hydrogens is 378 g/mol. The maximum absolute atomic E-state index is 12.0. The van der Waals surface area contributed by atoms with Gasteiger partial charge in [-0.1, -0.05) is 19.9 Å². The van der Waals surface area contributed by atoms with E-state index in [9.17, 15) is 25.9 Å². The molecule has 0 amide bonds. The molecule has 0 aromatic heterocycles. The van der Waals surface area contributed by atoms with Crippen LogP contribution in [0.15, 0.2) is 34.1 Å². The van der Waals surface area contributed by atoms with E-state index < -0.39 is 25.1 Å². The fourth-order valence-corrected chi connectivity index (χ4v) is 4.99. The largest absolute Gasteiger partial charge is 0.367 e. The van der Waals surface area contributed by atoms with Crippen molar-refractivity contribution in [1.29, 1.82) is 0 Å². The van der Waals surface area contributed by atoms with E-state index in [1.807, 2.05) is 27.7 Å². The third-order valence-electron chi connectivity index (χ3n) is 5.45. The zero-order valence-electron chi connectivity index (χ0n) is 14.9. The van der Waals surface area contributed by atoms with Crippen LogP contribution in [0.1, 0.15) is 33.3 Å². The number of fused-ring (bicyclic) bond motifs is 3. The Morgan fingerprint density at radius 2 is 1.65 bits per heavy atom. The van der Waals surface area contributed by atoms with Crippen LogP contribution in [0.2, 0.25) is 0 Å². The molecule has 7 nitrogen and oxygen atoms in total. The van der Waals surface area contributed by atoms with Crippen molar-refractivity contribution in [3.8, 4) is 0 Å². The van der Waals surface area contributed by atoms with Gasteiger partial charge in [0, 0.05) is 34.5 Å². The molecule has 3 rings (SSSR count). The highest BCUT2D eigenvalue weighted by molar-refractivity contribution is 7.86. The van der Waals surface area contributed by atoms with E-state index in [0.29, 0.717) is 11.9 Å². The first kappa shape index (κ1) is 19.1. The Labute approximate surface area is 153 Å². The van der Waals surface area contributed by atoms with Gasteiger partial charge in [0.2, 0.25) is 0 Å². The molecule has 2 aromatic carbocycles. The van der Waals surface area contributed by atoms with E-state index in [0.717, 1.165) is 17.3 Å². The van der Waals surface area contributed by atoms with Crippen molar-refractivity contribution in [3.63, 3.8) is 0 Å². The summed E-state index contributed by atoms with van der Waals surface area (Å²) in [6.45, 7) is 8.69. The molecule has 0 aliphatic carbocycles. The fraction of sp³-hybridized carbons (Fsp3) is 0.412. The molecule has 1 aliphatic heterocycles. The minimum absolute atomic E-state index is 0.0599. The second-order valence-electron chi connectivity index (χ2n) is 7.11. The first-order chi connectivity index (χ1) is 11.8. The van der Waals surface area contributed by atoms with Crippen molar-refractivity contribution in [3.05, 3.63) is 29.8 Å². The maximum Gasteiger partial charge on any atom is 0.295 e. The third-order valence-corrected chi connectivity index (χ3v) is 7.20. The average molecular weight is 399 g/mol. The fourth-order valence-electron chi connectivity index (χ4n) is 3.77. The Kier molecular flexibility index (Phi) is 4.15. The predicted octanol–water partition coefficient (Wildman–Crippen LogP) is 2.84. The Hall–Kier alpha value is -1.68. The number of likely N-dealkylation sites (N-methyl/N-ethyl adjacent to an activating group) is 1. The summed E-state index contributed by atoms with van der Waals surface area (Å²) in [6, 6.07) is 5.27. The topological polar surface area (TPSA) is 112 Å². The Balaban J connectivity index is 2.54. The number of hydrogen-bond donors (Lipinski definition) is 2. The molecule has 1 aliphatic rings. The lowest BCUT2D eigenvalue weighted by Crippen LogP contribution is -2.38. The van der Waals surface area contributed by atoms with Gasteiger partial charge in [-0.2, -0.15) is 16.8 Å². The summed E-state index contributed by atoms with van der Waals surface area (Å²) in [5.74, 6) is 0. The minimum Gasteiger partial charge on any atom is -0.367 e. The van der Waals surface area contributed by atoms with Crippen molar-refractivity contribution < 1.29 is 25.9 Å². The van der Waals surface area contributed by atoms with E-state index in [1.54, 1.807) is 0 Å². The molecule has 9 heteroatoms. The van der Waals surface area contributed by atoms with Crippen molar-refractivity contribution in [2.24, 2.45) is 0 Å². The molecule has 0 radical (unpaired) electrons. The number of benzene rings is 2. The summed E-state index contributed by atoms with van der Waals surface area (Å²) in [5.41, 5.74) is 1.21. The summed E-state index contributed by atoms with van der Waals surface area (Å²) < 4.78 is 65.9. The van der Waals surface area contributed by atoms with Crippen LogP contribution >= 0.6 is 0 Å². The lowest BCUT2D eigenvalue weighted by Gasteiger charge is -2.30. The van der Waals surface area contributed by atoms with Crippen LogP contribution in [-0.2, 0) is 25.7 Å². The minimum atomic E-state index is -4.60. The van der Waals surface area contributed by atoms with Crippen LogP contribution in [0, 0.1) is 0 Å². The second kappa shape index (κ2) is 5.66. The van der Waals surface area contributed by atoms with Gasteiger partial charge in [-0.3, -0.25) is 9.11 Å². The van der Waals surface area contributed by atoms with Crippen LogP contribution in [0.3, 0.4) is 0 Å². The number of anilines is 1. The summed E-state index contributed by atoms with van der Waals surface area (Å²) >= 11 is 0. The maximum atomic E-state index is 12.0. The van der Waals surface area contributed by atoms with Crippen molar-refractivity contribution in [1.82, 2.24) is 0 Å². The van der Waals surface area contributed by atoms with Crippen LogP contribution < -0.4 is 4.90 Å². The molecule has 142 valence electrons. The van der Waals surface area contributed by atoms with Crippen LogP contribution in [0.4, 0.5) is 5.69 Å². The van der Waals surface area contributed by atoms with Crippen molar-refractivity contribution in [2.75, 3.05) is 11.4 Å². The third kappa shape index (κ3) is 2.70. The molecule has 0 saturated carbocycles. The van der Waals surface area contributed by atoms with Crippen molar-refractivity contribution in [2.45, 2.75) is 48.9 Å². The van der Waals surface area contributed by atoms with Gasteiger partial charge in [-0.15, -0.1) is 0 Å². The van der Waals surface area contributed by atoms with E-state index in [4.69, 9.17) is 0 Å². The summed E-state index contributed by atoms with van der Waals surface area (Å²) in [7, 11) is -9.11. The Morgan fingerprint density at radius 1 is 1.04 bits per heavy atom. The van der Waals surface area contributed by atoms with Gasteiger partial charge in [-0.05, 0) is 37.6 Å². The van der Waals surface area contributed by atoms with Gasteiger partial charge in [0.05, 0.1) is 4.90 Å². The van der Waals surface area contributed by atoms with Crippen LogP contribution in [-0.4, -0.2) is 38.5 Å². The summed E-state index contributed by atoms with van der Waals surface area (Å²) in [5, 5.41) is 0.575. The normalized spacial score (nSPS) is 19.8. The summed E-state index contributed by atoms with van der Waals surface area (Å²) in [6.07, 6.45) is 0. The molecule has 0 saturated heterocycles. The van der Waals surface area contributed by atoms with E-state index in [1.165, 1.54) is 18.2 Å². The van der Waals surface area contributed by atoms with Crippen LogP contribution in [0.5, 0.6) is 0 Å².